The van der Waals surface area contributed by atoms with Crippen LogP contribution >= 0.6 is 0 Å². The van der Waals surface area contributed by atoms with Crippen LogP contribution in [-0.4, -0.2) is 18.0 Å². The number of rotatable bonds is 4. The minimum absolute atomic E-state index is 0.0122. The van der Waals surface area contributed by atoms with E-state index in [1.165, 1.54) is 6.07 Å². The summed E-state index contributed by atoms with van der Waals surface area (Å²) in [6.45, 7) is 0.102. The van der Waals surface area contributed by atoms with Gasteiger partial charge in [0, 0.05) is 17.1 Å². The van der Waals surface area contributed by atoms with Crippen molar-refractivity contribution < 1.29 is 4.92 Å². The molecule has 6 nitrogen and oxygen atoms in total. The molecular formula is C14H10N4O2. The molecule has 20 heavy (non-hydrogen) atoms. The quantitative estimate of drug-likeness (QED) is 0.481. The van der Waals surface area contributed by atoms with E-state index in [1.54, 1.807) is 35.2 Å². The zero-order valence-corrected chi connectivity index (χ0v) is 10.5. The van der Waals surface area contributed by atoms with Gasteiger partial charge in [0.2, 0.25) is 0 Å². The van der Waals surface area contributed by atoms with Gasteiger partial charge in [0.05, 0.1) is 22.4 Å². The maximum absolute atomic E-state index is 11.0. The molecule has 0 saturated heterocycles. The summed E-state index contributed by atoms with van der Waals surface area (Å²) < 4.78 is 0. The summed E-state index contributed by atoms with van der Waals surface area (Å²) in [4.78, 5) is 12.2. The largest absolute Gasteiger partial charge is 0.344 e. The van der Waals surface area contributed by atoms with E-state index in [2.05, 4.69) is 0 Å². The van der Waals surface area contributed by atoms with Crippen molar-refractivity contribution in [1.29, 1.82) is 10.5 Å². The van der Waals surface area contributed by atoms with E-state index in [0.717, 1.165) is 0 Å². The Hall–Kier alpha value is -3.12. The summed E-state index contributed by atoms with van der Waals surface area (Å²) in [5, 5.41) is 29.9. The lowest BCUT2D eigenvalue weighted by molar-refractivity contribution is -0.383. The molecule has 0 heterocycles. The average molecular weight is 266 g/mol. The van der Waals surface area contributed by atoms with Gasteiger partial charge in [-0.1, -0.05) is 18.2 Å². The number of nitriles is 2. The Labute approximate surface area is 115 Å². The Morgan fingerprint density at radius 3 is 2.20 bits per heavy atom. The second-order valence-electron chi connectivity index (χ2n) is 4.08. The zero-order chi connectivity index (χ0) is 14.5. The van der Waals surface area contributed by atoms with Crippen LogP contribution in [0.2, 0.25) is 0 Å². The van der Waals surface area contributed by atoms with Crippen LogP contribution in [0.5, 0.6) is 0 Å². The number of nitrogens with zero attached hydrogens (tertiary/aromatic N) is 4. The molecule has 0 atom stereocenters. The predicted octanol–water partition coefficient (Wildman–Crippen LogP) is 2.60. The van der Waals surface area contributed by atoms with Gasteiger partial charge in [-0.2, -0.15) is 10.5 Å². The van der Waals surface area contributed by atoms with E-state index in [4.69, 9.17) is 10.5 Å². The zero-order valence-electron chi connectivity index (χ0n) is 10.5. The Morgan fingerprint density at radius 2 is 1.65 bits per heavy atom. The minimum Gasteiger partial charge on any atom is -0.344 e. The van der Waals surface area contributed by atoms with Crippen LogP contribution in [0.25, 0.3) is 10.8 Å². The first-order valence-electron chi connectivity index (χ1n) is 5.84. The number of nitro benzene ring substituents is 1. The van der Waals surface area contributed by atoms with Gasteiger partial charge < -0.3 is 4.90 Å². The topological polar surface area (TPSA) is 94.0 Å². The summed E-state index contributed by atoms with van der Waals surface area (Å²) in [6, 6.07) is 13.9. The highest BCUT2D eigenvalue weighted by Gasteiger charge is 2.16. The van der Waals surface area contributed by atoms with Crippen molar-refractivity contribution in [2.24, 2.45) is 0 Å². The third-order valence-electron chi connectivity index (χ3n) is 2.94. The monoisotopic (exact) mass is 266 g/mol. The lowest BCUT2D eigenvalue weighted by Gasteiger charge is -2.20. The maximum atomic E-state index is 11.0. The maximum Gasteiger partial charge on any atom is 0.277 e. The van der Waals surface area contributed by atoms with Crippen LogP contribution in [0.1, 0.15) is 0 Å². The lowest BCUT2D eigenvalue weighted by Crippen LogP contribution is -2.24. The van der Waals surface area contributed by atoms with E-state index < -0.39 is 4.92 Å². The fraction of sp³-hybridized carbons (Fsp3) is 0.143. The highest BCUT2D eigenvalue weighted by Crippen LogP contribution is 2.33. The van der Waals surface area contributed by atoms with Gasteiger partial charge in [0.25, 0.3) is 5.69 Å². The number of nitro groups is 1. The normalized spacial score (nSPS) is 9.70. The molecular weight excluding hydrogens is 256 g/mol. The van der Waals surface area contributed by atoms with Gasteiger partial charge in [0.1, 0.15) is 13.1 Å². The van der Waals surface area contributed by atoms with Crippen molar-refractivity contribution in [2.75, 3.05) is 18.0 Å². The predicted molar refractivity (Wildman–Crippen MR) is 74.0 cm³/mol. The number of benzene rings is 2. The van der Waals surface area contributed by atoms with Crippen LogP contribution in [0.4, 0.5) is 11.4 Å². The first-order chi connectivity index (χ1) is 9.69. The number of non-ortho nitro benzene ring substituents is 1. The number of hydrogen-bond acceptors (Lipinski definition) is 5. The van der Waals surface area contributed by atoms with Gasteiger partial charge in [-0.25, -0.2) is 0 Å². The average Bonchev–Trinajstić information content (AvgIpc) is 2.45. The molecule has 0 unspecified atom stereocenters. The fourth-order valence-electron chi connectivity index (χ4n) is 2.10. The van der Waals surface area contributed by atoms with Crippen LogP contribution in [-0.2, 0) is 0 Å². The second-order valence-corrected chi connectivity index (χ2v) is 4.08. The molecule has 6 heteroatoms. The number of hydrogen-bond donors (Lipinski definition) is 0. The molecule has 0 saturated carbocycles. The molecule has 0 aliphatic rings. The van der Waals surface area contributed by atoms with Crippen molar-refractivity contribution in [1.82, 2.24) is 0 Å². The molecule has 2 rings (SSSR count). The molecule has 0 radical (unpaired) electrons. The molecule has 98 valence electrons. The summed E-state index contributed by atoms with van der Waals surface area (Å²) >= 11 is 0. The Morgan fingerprint density at radius 1 is 1.05 bits per heavy atom. The molecule has 0 amide bonds. The van der Waals surface area contributed by atoms with E-state index in [1.807, 2.05) is 12.1 Å². The van der Waals surface area contributed by atoms with Crippen molar-refractivity contribution in [3.63, 3.8) is 0 Å². The molecule has 0 aliphatic carbocycles. The molecule has 2 aromatic rings. The van der Waals surface area contributed by atoms with Gasteiger partial charge in [-0.15, -0.1) is 0 Å². The molecule has 0 spiro atoms. The fourth-order valence-corrected chi connectivity index (χ4v) is 2.10. The van der Waals surface area contributed by atoms with Crippen molar-refractivity contribution >= 4 is 22.1 Å². The van der Waals surface area contributed by atoms with Crippen LogP contribution in [0.15, 0.2) is 36.4 Å². The second kappa shape index (κ2) is 5.68. The highest BCUT2D eigenvalue weighted by atomic mass is 16.6. The first-order valence-corrected chi connectivity index (χ1v) is 5.84. The van der Waals surface area contributed by atoms with E-state index in [-0.39, 0.29) is 18.8 Å². The van der Waals surface area contributed by atoms with Crippen LogP contribution in [0, 0.1) is 32.8 Å². The van der Waals surface area contributed by atoms with Gasteiger partial charge >= 0.3 is 0 Å². The highest BCUT2D eigenvalue weighted by molar-refractivity contribution is 6.00. The van der Waals surface area contributed by atoms with Crippen LogP contribution < -0.4 is 4.90 Å². The van der Waals surface area contributed by atoms with Crippen LogP contribution in [0.3, 0.4) is 0 Å². The van der Waals surface area contributed by atoms with Crippen molar-refractivity contribution in [2.45, 2.75) is 0 Å². The summed E-state index contributed by atoms with van der Waals surface area (Å²) in [7, 11) is 0. The third kappa shape index (κ3) is 2.36. The number of anilines is 1. The van der Waals surface area contributed by atoms with E-state index in [9.17, 15) is 10.1 Å². The smallest absolute Gasteiger partial charge is 0.277 e. The first kappa shape index (κ1) is 13.3. The van der Waals surface area contributed by atoms with Crippen molar-refractivity contribution in [3.8, 4) is 12.1 Å². The third-order valence-corrected chi connectivity index (χ3v) is 2.94. The lowest BCUT2D eigenvalue weighted by atomic mass is 10.1. The Kier molecular flexibility index (Phi) is 3.78. The molecule has 0 N–H and O–H groups in total. The summed E-state index contributed by atoms with van der Waals surface area (Å²) in [5.41, 5.74) is 0.660. The molecule has 0 aliphatic heterocycles. The molecule has 0 bridgehead atoms. The van der Waals surface area contributed by atoms with Gasteiger partial charge in [-0.3, -0.25) is 10.1 Å². The standard InChI is InChI=1S/C14H10N4O2/c15-7-9-17(10-8-16)13-5-6-14(18(19)20)12-4-2-1-3-11(12)13/h1-6H,9-10H2. The molecule has 2 aromatic carbocycles. The number of fused-ring (bicyclic) bond motifs is 1. The van der Waals surface area contributed by atoms with Gasteiger partial charge in [0.15, 0.2) is 0 Å². The van der Waals surface area contributed by atoms with Gasteiger partial charge in [-0.05, 0) is 12.1 Å². The van der Waals surface area contributed by atoms with E-state index >= 15 is 0 Å². The Balaban J connectivity index is 2.67. The SMILES string of the molecule is N#CCN(CC#N)c1ccc([N+](=O)[O-])c2ccccc12. The molecule has 0 fully saturated rings. The summed E-state index contributed by atoms with van der Waals surface area (Å²) in [5.74, 6) is 0. The van der Waals surface area contributed by atoms with Crippen molar-refractivity contribution in [3.05, 3.63) is 46.5 Å². The molecule has 0 aromatic heterocycles. The van der Waals surface area contributed by atoms with E-state index in [0.29, 0.717) is 16.5 Å². The summed E-state index contributed by atoms with van der Waals surface area (Å²) in [6.07, 6.45) is 0. The Bertz CT molecular complexity index is 727. The minimum atomic E-state index is -0.439.